The molecule has 2 N–H and O–H groups in total. The van der Waals surface area contributed by atoms with Gasteiger partial charge in [0, 0.05) is 36.5 Å². The van der Waals surface area contributed by atoms with Crippen LogP contribution in [0.15, 0.2) is 53.3 Å². The van der Waals surface area contributed by atoms with Crippen molar-refractivity contribution < 1.29 is 14.3 Å². The summed E-state index contributed by atoms with van der Waals surface area (Å²) in [7, 11) is 0. The quantitative estimate of drug-likeness (QED) is 0.492. The van der Waals surface area contributed by atoms with Crippen molar-refractivity contribution in [2.24, 2.45) is 5.92 Å². The number of amides is 1. The van der Waals surface area contributed by atoms with Crippen LogP contribution in [0.2, 0.25) is 0 Å². The van der Waals surface area contributed by atoms with Crippen molar-refractivity contribution in [3.05, 3.63) is 64.8 Å². The second kappa shape index (κ2) is 7.99. The molecule has 0 spiro atoms. The Hall–Kier alpha value is -2.67. The van der Waals surface area contributed by atoms with E-state index in [9.17, 15) is 14.3 Å². The number of pyridine rings is 1. The first-order valence-electron chi connectivity index (χ1n) is 9.51. The summed E-state index contributed by atoms with van der Waals surface area (Å²) in [5.74, 6) is 0.142. The van der Waals surface area contributed by atoms with E-state index in [-0.39, 0.29) is 17.7 Å². The second-order valence-corrected chi connectivity index (χ2v) is 8.30. The third-order valence-electron chi connectivity index (χ3n) is 5.58. The Morgan fingerprint density at radius 2 is 2.00 bits per heavy atom. The normalized spacial score (nSPS) is 19.3. The van der Waals surface area contributed by atoms with E-state index in [1.165, 1.54) is 17.0 Å². The molecule has 1 aliphatic rings. The van der Waals surface area contributed by atoms with Crippen molar-refractivity contribution in [1.82, 2.24) is 14.9 Å². The van der Waals surface area contributed by atoms with Crippen LogP contribution in [-0.2, 0) is 0 Å². The van der Waals surface area contributed by atoms with Crippen LogP contribution in [0.4, 0.5) is 9.18 Å². The van der Waals surface area contributed by atoms with Crippen LogP contribution in [0.3, 0.4) is 0 Å². The average Bonchev–Trinajstić information content (AvgIpc) is 3.13. The Morgan fingerprint density at radius 3 is 2.66 bits per heavy atom. The molecular weight excluding hydrogens is 437 g/mol. The van der Waals surface area contributed by atoms with E-state index in [1.54, 1.807) is 18.3 Å². The number of piperidine rings is 1. The number of aromatic amines is 1. The number of benzene rings is 1. The maximum atomic E-state index is 13.5. The first kappa shape index (κ1) is 19.6. The molecule has 3 aromatic rings. The third-order valence-corrected chi connectivity index (χ3v) is 6.02. The molecule has 1 amide bonds. The van der Waals surface area contributed by atoms with Gasteiger partial charge in [-0.1, -0.05) is 6.92 Å². The monoisotopic (exact) mass is 457 g/mol. The fourth-order valence-electron chi connectivity index (χ4n) is 4.10. The number of H-pyrrole nitrogens is 1. The standard InChI is InChI=1S/C22H21BrFN3O2/c1-13-12-27(22(28)29)9-7-17(13)19-11-18(15-6-8-25-20(23)10-15)21(26-19)14-2-4-16(24)5-3-14/h2-6,8,10-11,13,17,26H,7,9,12H2,1H3,(H,28,29)/t13-,17+/m1/s1. The minimum absolute atomic E-state index is 0.191. The highest BCUT2D eigenvalue weighted by Crippen LogP contribution is 2.39. The predicted octanol–water partition coefficient (Wildman–Crippen LogP) is 5.75. The van der Waals surface area contributed by atoms with Gasteiger partial charge in [-0.15, -0.1) is 0 Å². The van der Waals surface area contributed by atoms with E-state index >= 15 is 0 Å². The van der Waals surface area contributed by atoms with Crippen molar-refractivity contribution in [1.29, 1.82) is 0 Å². The summed E-state index contributed by atoms with van der Waals surface area (Å²) in [4.78, 5) is 20.6. The summed E-state index contributed by atoms with van der Waals surface area (Å²) in [6, 6.07) is 12.5. The summed E-state index contributed by atoms with van der Waals surface area (Å²) >= 11 is 3.43. The molecule has 1 aromatic carbocycles. The SMILES string of the molecule is C[C@@H]1CN(C(=O)O)CC[C@@H]1c1cc(-c2ccnc(Br)c2)c(-c2ccc(F)cc2)[nH]1. The number of aromatic nitrogens is 2. The van der Waals surface area contributed by atoms with Gasteiger partial charge in [-0.2, -0.15) is 0 Å². The van der Waals surface area contributed by atoms with Crippen LogP contribution < -0.4 is 0 Å². The lowest BCUT2D eigenvalue weighted by molar-refractivity contribution is 0.115. The van der Waals surface area contributed by atoms with Crippen LogP contribution in [0.5, 0.6) is 0 Å². The maximum absolute atomic E-state index is 13.5. The van der Waals surface area contributed by atoms with Gasteiger partial charge in [0.25, 0.3) is 0 Å². The van der Waals surface area contributed by atoms with Crippen molar-refractivity contribution in [2.75, 3.05) is 13.1 Å². The number of nitrogens with one attached hydrogen (secondary N) is 1. The highest BCUT2D eigenvalue weighted by atomic mass is 79.9. The molecule has 150 valence electrons. The predicted molar refractivity (Wildman–Crippen MR) is 113 cm³/mol. The Bertz CT molecular complexity index is 1030. The van der Waals surface area contributed by atoms with E-state index in [1.807, 2.05) is 12.1 Å². The molecule has 1 fully saturated rings. The largest absolute Gasteiger partial charge is 0.465 e. The van der Waals surface area contributed by atoms with Gasteiger partial charge >= 0.3 is 6.09 Å². The molecule has 7 heteroatoms. The average molecular weight is 458 g/mol. The lowest BCUT2D eigenvalue weighted by atomic mass is 9.84. The van der Waals surface area contributed by atoms with Crippen LogP contribution in [-0.4, -0.2) is 39.2 Å². The van der Waals surface area contributed by atoms with Gasteiger partial charge in [-0.05, 0) is 81.9 Å². The molecular formula is C22H21BrFN3O2. The fraction of sp³-hybridized carbons (Fsp3) is 0.273. The van der Waals surface area contributed by atoms with Gasteiger partial charge in [0.15, 0.2) is 0 Å². The van der Waals surface area contributed by atoms with Gasteiger partial charge in [0.05, 0.1) is 5.69 Å². The van der Waals surface area contributed by atoms with Gasteiger partial charge in [-0.25, -0.2) is 14.2 Å². The minimum atomic E-state index is -0.865. The van der Waals surface area contributed by atoms with Crippen molar-refractivity contribution in [3.8, 4) is 22.4 Å². The smallest absolute Gasteiger partial charge is 0.407 e. The highest BCUT2D eigenvalue weighted by Gasteiger charge is 2.31. The van der Waals surface area contributed by atoms with Crippen LogP contribution in [0.1, 0.15) is 25.0 Å². The van der Waals surface area contributed by atoms with Crippen LogP contribution in [0.25, 0.3) is 22.4 Å². The van der Waals surface area contributed by atoms with E-state index in [4.69, 9.17) is 0 Å². The molecule has 29 heavy (non-hydrogen) atoms. The first-order valence-corrected chi connectivity index (χ1v) is 10.3. The van der Waals surface area contributed by atoms with Crippen LogP contribution in [0, 0.1) is 11.7 Å². The summed E-state index contributed by atoms with van der Waals surface area (Å²) in [5, 5.41) is 9.28. The molecule has 5 nitrogen and oxygen atoms in total. The molecule has 1 aliphatic heterocycles. The molecule has 0 unspecified atom stereocenters. The van der Waals surface area contributed by atoms with Gasteiger partial charge in [0.1, 0.15) is 10.4 Å². The highest BCUT2D eigenvalue weighted by molar-refractivity contribution is 9.10. The molecule has 3 heterocycles. The number of nitrogens with zero attached hydrogens (tertiary/aromatic N) is 2. The molecule has 1 saturated heterocycles. The van der Waals surface area contributed by atoms with Crippen molar-refractivity contribution in [2.45, 2.75) is 19.3 Å². The van der Waals surface area contributed by atoms with Gasteiger partial charge in [-0.3, -0.25) is 0 Å². The van der Waals surface area contributed by atoms with E-state index < -0.39 is 6.09 Å². The fourth-order valence-corrected chi connectivity index (χ4v) is 4.46. The first-order chi connectivity index (χ1) is 13.9. The third kappa shape index (κ3) is 4.05. The van der Waals surface area contributed by atoms with Gasteiger partial charge < -0.3 is 15.0 Å². The maximum Gasteiger partial charge on any atom is 0.407 e. The molecule has 2 aromatic heterocycles. The number of halogens is 2. The number of likely N-dealkylation sites (tertiary alicyclic amines) is 1. The molecule has 0 radical (unpaired) electrons. The van der Waals surface area contributed by atoms with E-state index in [0.29, 0.717) is 13.1 Å². The zero-order valence-corrected chi connectivity index (χ0v) is 17.5. The van der Waals surface area contributed by atoms with Crippen LogP contribution >= 0.6 is 15.9 Å². The molecule has 2 atom stereocenters. The van der Waals surface area contributed by atoms with Crippen molar-refractivity contribution >= 4 is 22.0 Å². The van der Waals surface area contributed by atoms with Gasteiger partial charge in [0.2, 0.25) is 0 Å². The lowest BCUT2D eigenvalue weighted by Gasteiger charge is -2.35. The number of rotatable bonds is 3. The summed E-state index contributed by atoms with van der Waals surface area (Å²) in [6.45, 7) is 3.12. The summed E-state index contributed by atoms with van der Waals surface area (Å²) in [5.41, 5.74) is 4.92. The van der Waals surface area contributed by atoms with Crippen molar-refractivity contribution in [3.63, 3.8) is 0 Å². The number of hydrogen-bond acceptors (Lipinski definition) is 2. The second-order valence-electron chi connectivity index (χ2n) is 7.49. The molecule has 4 rings (SSSR count). The molecule has 0 aliphatic carbocycles. The van der Waals surface area contributed by atoms with E-state index in [0.717, 1.165) is 39.1 Å². The number of carbonyl (C=O) groups is 1. The number of hydrogen-bond donors (Lipinski definition) is 2. The Morgan fingerprint density at radius 1 is 1.24 bits per heavy atom. The topological polar surface area (TPSA) is 69.2 Å². The summed E-state index contributed by atoms with van der Waals surface area (Å²) < 4.78 is 14.2. The molecule has 0 saturated carbocycles. The zero-order chi connectivity index (χ0) is 20.5. The zero-order valence-electron chi connectivity index (χ0n) is 15.9. The Labute approximate surface area is 176 Å². The summed E-state index contributed by atoms with van der Waals surface area (Å²) in [6.07, 6.45) is 1.64. The Kier molecular flexibility index (Phi) is 5.41. The van der Waals surface area contributed by atoms with E-state index in [2.05, 4.69) is 38.9 Å². The number of carboxylic acid groups (broad SMARTS) is 1. The lowest BCUT2D eigenvalue weighted by Crippen LogP contribution is -2.41. The Balaban J connectivity index is 1.76. The minimum Gasteiger partial charge on any atom is -0.465 e. The molecule has 0 bridgehead atoms.